The summed E-state index contributed by atoms with van der Waals surface area (Å²) in [5.41, 5.74) is 1.50. The third-order valence-corrected chi connectivity index (χ3v) is 4.40. The van der Waals surface area contributed by atoms with Gasteiger partial charge in [0.25, 0.3) is 0 Å². The Hall–Kier alpha value is -3.02. The van der Waals surface area contributed by atoms with E-state index in [0.29, 0.717) is 17.9 Å². The third-order valence-electron chi connectivity index (χ3n) is 4.40. The molecule has 2 aromatic rings. The summed E-state index contributed by atoms with van der Waals surface area (Å²) >= 11 is 0. The summed E-state index contributed by atoms with van der Waals surface area (Å²) in [6.07, 6.45) is 0.408. The van der Waals surface area contributed by atoms with Crippen LogP contribution in [0.5, 0.6) is 11.5 Å². The maximum atomic E-state index is 12.7. The summed E-state index contributed by atoms with van der Waals surface area (Å²) < 4.78 is 10.0. The predicted octanol–water partition coefficient (Wildman–Crippen LogP) is 2.15. The van der Waals surface area contributed by atoms with Crippen molar-refractivity contribution in [2.45, 2.75) is 12.5 Å². The Balaban J connectivity index is 1.83. The maximum absolute atomic E-state index is 12.7. The molecule has 1 aliphatic heterocycles. The van der Waals surface area contributed by atoms with E-state index in [0.717, 1.165) is 5.56 Å². The second-order valence-corrected chi connectivity index (χ2v) is 5.85. The number of nitrogens with zero attached hydrogens (tertiary/aromatic N) is 1. The second-order valence-electron chi connectivity index (χ2n) is 5.85. The first-order valence-corrected chi connectivity index (χ1v) is 7.88. The third kappa shape index (κ3) is 3.15. The van der Waals surface area contributed by atoms with Crippen molar-refractivity contribution >= 4 is 17.6 Å². The minimum Gasteiger partial charge on any atom is -0.508 e. The molecule has 1 saturated heterocycles. The molecule has 2 aromatic carbocycles. The lowest BCUT2D eigenvalue weighted by Gasteiger charge is -2.45. The van der Waals surface area contributed by atoms with E-state index in [1.165, 1.54) is 12.0 Å². The number of carbonyl (C=O) groups excluding carboxylic acids is 2. The zero-order valence-electron chi connectivity index (χ0n) is 14.0. The van der Waals surface area contributed by atoms with Crippen LogP contribution in [0.25, 0.3) is 0 Å². The maximum Gasteiger partial charge on any atom is 0.329 e. The van der Waals surface area contributed by atoms with E-state index in [9.17, 15) is 14.7 Å². The van der Waals surface area contributed by atoms with Crippen LogP contribution in [-0.4, -0.2) is 37.2 Å². The zero-order valence-corrected chi connectivity index (χ0v) is 14.0. The molecule has 0 aliphatic carbocycles. The number of phenols is 1. The van der Waals surface area contributed by atoms with Gasteiger partial charge in [0.15, 0.2) is 0 Å². The number of methoxy groups -OCH3 is 2. The zero-order chi connectivity index (χ0) is 18.0. The number of amides is 1. The first-order valence-electron chi connectivity index (χ1n) is 7.88. The highest BCUT2D eigenvalue weighted by molar-refractivity contribution is 6.10. The smallest absolute Gasteiger partial charge is 0.329 e. The lowest BCUT2D eigenvalue weighted by Crippen LogP contribution is -2.65. The molecule has 1 heterocycles. The molecule has 1 amide bonds. The number of rotatable bonds is 5. The molecular formula is C19H19NO5. The number of hydrogen-bond donors (Lipinski definition) is 1. The van der Waals surface area contributed by atoms with E-state index in [1.807, 2.05) is 0 Å². The van der Waals surface area contributed by atoms with Crippen LogP contribution >= 0.6 is 0 Å². The first-order chi connectivity index (χ1) is 12.0. The Labute approximate surface area is 145 Å². The molecule has 0 aromatic heterocycles. The van der Waals surface area contributed by atoms with Crippen molar-refractivity contribution in [2.75, 3.05) is 19.1 Å². The molecule has 130 valence electrons. The summed E-state index contributed by atoms with van der Waals surface area (Å²) in [7, 11) is 2.88. The Morgan fingerprint density at radius 3 is 2.28 bits per heavy atom. The van der Waals surface area contributed by atoms with Gasteiger partial charge in [-0.2, -0.15) is 0 Å². The quantitative estimate of drug-likeness (QED) is 0.666. The highest BCUT2D eigenvalue weighted by atomic mass is 16.5. The molecule has 1 fully saturated rings. The van der Waals surface area contributed by atoms with Gasteiger partial charge < -0.3 is 14.6 Å². The second kappa shape index (κ2) is 6.84. The van der Waals surface area contributed by atoms with Crippen molar-refractivity contribution in [2.24, 2.45) is 5.92 Å². The predicted molar refractivity (Wildman–Crippen MR) is 91.6 cm³/mol. The van der Waals surface area contributed by atoms with Crippen LogP contribution in [-0.2, 0) is 20.7 Å². The lowest BCUT2D eigenvalue weighted by molar-refractivity contribution is -0.152. The number of esters is 1. The summed E-state index contributed by atoms with van der Waals surface area (Å²) in [5, 5.41) is 9.37. The normalized spacial score (nSPS) is 19.3. The van der Waals surface area contributed by atoms with E-state index in [1.54, 1.807) is 55.6 Å². The SMILES string of the molecule is COC(=O)[C@@H]1[C@H](Cc2ccc(O)cc2)C(=O)N1c1ccc(OC)cc1. The highest BCUT2D eigenvalue weighted by Crippen LogP contribution is 2.36. The summed E-state index contributed by atoms with van der Waals surface area (Å²) in [6, 6.07) is 12.9. The molecule has 1 N–H and O–H groups in total. The van der Waals surface area contributed by atoms with E-state index < -0.39 is 17.9 Å². The number of β-lactam (4-membered cyclic amide) rings is 1. The number of phenolic OH excluding ortho intramolecular Hbond substituents is 1. The van der Waals surface area contributed by atoms with Crippen molar-refractivity contribution in [3.05, 3.63) is 54.1 Å². The van der Waals surface area contributed by atoms with Gasteiger partial charge in [-0.05, 0) is 48.4 Å². The minimum absolute atomic E-state index is 0.131. The fourth-order valence-corrected chi connectivity index (χ4v) is 3.05. The van der Waals surface area contributed by atoms with Gasteiger partial charge in [-0.15, -0.1) is 0 Å². The molecule has 6 nitrogen and oxygen atoms in total. The van der Waals surface area contributed by atoms with Gasteiger partial charge in [0.1, 0.15) is 17.5 Å². The molecular weight excluding hydrogens is 322 g/mol. The first kappa shape index (κ1) is 16.8. The van der Waals surface area contributed by atoms with Gasteiger partial charge in [0.2, 0.25) is 5.91 Å². The van der Waals surface area contributed by atoms with Gasteiger partial charge in [-0.25, -0.2) is 4.79 Å². The van der Waals surface area contributed by atoms with Gasteiger partial charge in [0.05, 0.1) is 20.1 Å². The summed E-state index contributed by atoms with van der Waals surface area (Å²) in [4.78, 5) is 26.3. The molecule has 1 aliphatic rings. The molecule has 2 atom stereocenters. The monoisotopic (exact) mass is 341 g/mol. The minimum atomic E-state index is -0.667. The van der Waals surface area contributed by atoms with E-state index in [2.05, 4.69) is 0 Å². The summed E-state index contributed by atoms with van der Waals surface area (Å²) in [6.45, 7) is 0. The molecule has 6 heteroatoms. The molecule has 0 unspecified atom stereocenters. The van der Waals surface area contributed by atoms with Gasteiger partial charge in [0, 0.05) is 5.69 Å². The number of carbonyl (C=O) groups is 2. The van der Waals surface area contributed by atoms with E-state index in [-0.39, 0.29) is 11.7 Å². The van der Waals surface area contributed by atoms with Crippen molar-refractivity contribution < 1.29 is 24.2 Å². The Bertz CT molecular complexity index is 769. The number of anilines is 1. The van der Waals surface area contributed by atoms with Crippen LogP contribution in [0.3, 0.4) is 0 Å². The van der Waals surface area contributed by atoms with Crippen LogP contribution < -0.4 is 9.64 Å². The number of ether oxygens (including phenoxy) is 2. The lowest BCUT2D eigenvalue weighted by atomic mass is 9.81. The number of aromatic hydroxyl groups is 1. The number of hydrogen-bond acceptors (Lipinski definition) is 5. The molecule has 0 bridgehead atoms. The average Bonchev–Trinajstić information content (AvgIpc) is 2.65. The summed E-state index contributed by atoms with van der Waals surface area (Å²) in [5.74, 6) is -0.230. The van der Waals surface area contributed by atoms with Crippen molar-refractivity contribution in [3.8, 4) is 11.5 Å². The van der Waals surface area contributed by atoms with E-state index >= 15 is 0 Å². The largest absolute Gasteiger partial charge is 0.508 e. The van der Waals surface area contributed by atoms with Crippen molar-refractivity contribution in [1.82, 2.24) is 0 Å². The molecule has 0 saturated carbocycles. The molecule has 0 spiro atoms. The fourth-order valence-electron chi connectivity index (χ4n) is 3.05. The van der Waals surface area contributed by atoms with Crippen molar-refractivity contribution in [1.29, 1.82) is 0 Å². The van der Waals surface area contributed by atoms with Crippen LogP contribution in [0.15, 0.2) is 48.5 Å². The number of benzene rings is 2. The fraction of sp³-hybridized carbons (Fsp3) is 0.263. The molecule has 25 heavy (non-hydrogen) atoms. The Morgan fingerprint density at radius 2 is 1.72 bits per heavy atom. The Kier molecular flexibility index (Phi) is 4.61. The van der Waals surface area contributed by atoms with Gasteiger partial charge >= 0.3 is 5.97 Å². The van der Waals surface area contributed by atoms with Gasteiger partial charge in [-0.1, -0.05) is 12.1 Å². The van der Waals surface area contributed by atoms with Crippen LogP contribution in [0, 0.1) is 5.92 Å². The van der Waals surface area contributed by atoms with Crippen LogP contribution in [0.2, 0.25) is 0 Å². The van der Waals surface area contributed by atoms with Gasteiger partial charge in [-0.3, -0.25) is 9.69 Å². The topological polar surface area (TPSA) is 76.1 Å². The molecule has 3 rings (SSSR count). The van der Waals surface area contributed by atoms with E-state index in [4.69, 9.17) is 9.47 Å². The molecule has 0 radical (unpaired) electrons. The highest BCUT2D eigenvalue weighted by Gasteiger charge is 2.52. The van der Waals surface area contributed by atoms with Crippen LogP contribution in [0.4, 0.5) is 5.69 Å². The standard InChI is InChI=1S/C19H19NO5/c1-24-15-9-5-13(6-10-15)20-17(19(23)25-2)16(18(20)22)11-12-3-7-14(21)8-4-12/h3-10,16-17,21H,11H2,1-2H3/t16-,17-/m0/s1. The Morgan fingerprint density at radius 1 is 1.08 bits per heavy atom. The van der Waals surface area contributed by atoms with Crippen molar-refractivity contribution in [3.63, 3.8) is 0 Å². The average molecular weight is 341 g/mol. The van der Waals surface area contributed by atoms with Crippen LogP contribution in [0.1, 0.15) is 5.56 Å².